The zero-order valence-electron chi connectivity index (χ0n) is 36.6. The largest absolute Gasteiger partial charge is 0.496 e. The number of pyridine rings is 1. The number of hydrogen-bond acceptors (Lipinski definition) is 11. The van der Waals surface area contributed by atoms with Crippen LogP contribution in [0.15, 0.2) is 55.1 Å². The summed E-state index contributed by atoms with van der Waals surface area (Å²) in [6.07, 6.45) is 7.49. The fourth-order valence-corrected chi connectivity index (χ4v) is 11.0. The molecule has 5 aliphatic rings. The van der Waals surface area contributed by atoms with Gasteiger partial charge in [0.15, 0.2) is 0 Å². The van der Waals surface area contributed by atoms with E-state index in [0.29, 0.717) is 65.9 Å². The second kappa shape index (κ2) is 17.6. The van der Waals surface area contributed by atoms with Crippen LogP contribution >= 0.6 is 0 Å². The molecular weight excluding hydrogens is 827 g/mol. The molecule has 0 unspecified atom stereocenters. The number of para-hydroxylation sites is 1. The second-order valence-electron chi connectivity index (χ2n) is 18.7. The van der Waals surface area contributed by atoms with Crippen LogP contribution in [0.2, 0.25) is 0 Å². The summed E-state index contributed by atoms with van der Waals surface area (Å²) in [5.41, 5.74) is 0.880. The highest BCUT2D eigenvalue weighted by molar-refractivity contribution is 7.91. The summed E-state index contributed by atoms with van der Waals surface area (Å²) in [7, 11) is -0.713. The molecule has 2 aliphatic heterocycles. The molecule has 2 aromatic carbocycles. The lowest BCUT2D eigenvalue weighted by Crippen LogP contribution is -2.59. The number of benzene rings is 2. The number of carbonyl (C=O) groups excluding carboxylic acids is 4. The van der Waals surface area contributed by atoms with Crippen molar-refractivity contribution in [1.82, 2.24) is 25.2 Å². The number of nitrogens with one attached hydrogen (secondary N) is 3. The molecule has 1 saturated heterocycles. The minimum Gasteiger partial charge on any atom is -0.496 e. The van der Waals surface area contributed by atoms with Gasteiger partial charge in [-0.3, -0.25) is 19.1 Å². The number of alkyl carbamates (subject to hydrolysis) is 1. The summed E-state index contributed by atoms with van der Waals surface area (Å²) in [5, 5.41) is 5.87. The van der Waals surface area contributed by atoms with E-state index in [1.807, 2.05) is 56.3 Å². The molecule has 1 aromatic heterocycles. The normalized spacial score (nSPS) is 26.6. The third-order valence-electron chi connectivity index (χ3n) is 13.5. The predicted octanol–water partition coefficient (Wildman–Crippen LogP) is 5.97. The molecule has 3 heterocycles. The summed E-state index contributed by atoms with van der Waals surface area (Å²) in [5.74, 6) is -0.933. The van der Waals surface area contributed by atoms with Crippen LogP contribution < -0.4 is 29.6 Å². The number of rotatable bonds is 10. The minimum absolute atomic E-state index is 0.0269. The number of sulfonamides is 1. The monoisotopic (exact) mass is 885 g/mol. The number of carbonyl (C=O) groups is 4. The van der Waals surface area contributed by atoms with Gasteiger partial charge >= 0.3 is 6.09 Å². The van der Waals surface area contributed by atoms with E-state index in [0.717, 1.165) is 43.2 Å². The number of fused-ring (bicyclic) bond motifs is 3. The lowest BCUT2D eigenvalue weighted by Gasteiger charge is -2.35. The number of hydrogen-bond donors (Lipinski definition) is 3. The summed E-state index contributed by atoms with van der Waals surface area (Å²) >= 11 is 0. The Kier molecular flexibility index (Phi) is 12.4. The van der Waals surface area contributed by atoms with Gasteiger partial charge in [-0.05, 0) is 86.5 Å². The Morgan fingerprint density at radius 3 is 2.44 bits per heavy atom. The summed E-state index contributed by atoms with van der Waals surface area (Å²) in [6.45, 7) is 8.00. The molecule has 15 nitrogen and oxygen atoms in total. The molecule has 4 amide bonds. The van der Waals surface area contributed by atoms with Gasteiger partial charge < -0.3 is 34.5 Å². The average molecular weight is 886 g/mol. The topological polar surface area (TPSA) is 192 Å². The van der Waals surface area contributed by atoms with Crippen molar-refractivity contribution in [3.8, 4) is 28.5 Å². The Hall–Kier alpha value is -5.38. The zero-order chi connectivity index (χ0) is 44.7. The van der Waals surface area contributed by atoms with Crippen molar-refractivity contribution in [2.45, 2.75) is 120 Å². The van der Waals surface area contributed by atoms with Gasteiger partial charge in [-0.15, -0.1) is 6.58 Å². The number of nitrogens with zero attached hydrogens (tertiary/aromatic N) is 2. The Balaban J connectivity index is 1.20. The molecule has 3 N–H and O–H groups in total. The molecule has 4 fully saturated rings. The second-order valence-corrected chi connectivity index (χ2v) is 20.6. The Labute approximate surface area is 369 Å². The number of ether oxygens (including phenoxy) is 4. The molecule has 0 spiro atoms. The van der Waals surface area contributed by atoms with Crippen molar-refractivity contribution in [1.29, 1.82) is 0 Å². The molecule has 3 saturated carbocycles. The first kappa shape index (κ1) is 44.2. The number of amides is 4. The van der Waals surface area contributed by atoms with Crippen LogP contribution in [-0.4, -0.2) is 98.5 Å². The van der Waals surface area contributed by atoms with Gasteiger partial charge in [0.1, 0.15) is 41.0 Å². The van der Waals surface area contributed by atoms with Crippen molar-refractivity contribution >= 4 is 44.7 Å². The maximum Gasteiger partial charge on any atom is 0.407 e. The zero-order valence-corrected chi connectivity index (χ0v) is 37.4. The Bertz CT molecular complexity index is 2400. The van der Waals surface area contributed by atoms with Crippen molar-refractivity contribution in [3.05, 3.63) is 60.7 Å². The van der Waals surface area contributed by atoms with Crippen LogP contribution in [0, 0.1) is 17.3 Å². The molecule has 5 atom stereocenters. The summed E-state index contributed by atoms with van der Waals surface area (Å²) in [6, 6.07) is 11.1. The molecule has 3 aliphatic carbocycles. The third kappa shape index (κ3) is 9.32. The molecule has 4 bridgehead atoms. The van der Waals surface area contributed by atoms with Crippen molar-refractivity contribution in [3.63, 3.8) is 0 Å². The van der Waals surface area contributed by atoms with Crippen LogP contribution in [-0.2, 0) is 35.6 Å². The molecule has 63 heavy (non-hydrogen) atoms. The molecule has 3 aromatic rings. The minimum atomic E-state index is -3.93. The third-order valence-corrected chi connectivity index (χ3v) is 15.3. The van der Waals surface area contributed by atoms with Gasteiger partial charge in [0, 0.05) is 35.4 Å². The lowest BCUT2D eigenvalue weighted by atomic mass is 9.83. The standard InChI is InChI=1S/C47H59N5O10S/c1-6-30-25-47(30,44(55)51-63(57,58)32-18-19-32)50-42(53)37-22-31-26-52(37)43(54)41(28-13-8-7-9-14-28)49-45(56)61-27-46(2,3)20-12-15-29-21-34-36(23-39(29)60-5)48-35(24-40(34)62-31)33-16-10-11-17-38(33)59-4/h6,10-11,16-17,21,23-24,28,30-32,37,41H,1,7-9,12-15,18-20,22,25-27H2,2-5H3,(H,49,56)(H,50,53)(H,51,55)/t30-,31-,37+,41+,47-/m1/s1. The number of methoxy groups -OCH3 is 2. The SMILES string of the molecule is C=C[C@@H]1C[C@]1(NC(=O)[C@@H]1C[C@@H]2CN1C(=O)[C@H](C1CCCCC1)NC(=O)OCC(C)(C)CCCc1cc3c(cc(-c4ccccc4OC)nc3cc1OC)O2)C(=O)NS(=O)(=O)C1CC1. The summed E-state index contributed by atoms with van der Waals surface area (Å²) in [4.78, 5) is 63.8. The van der Waals surface area contributed by atoms with Crippen LogP contribution in [0.3, 0.4) is 0 Å². The van der Waals surface area contributed by atoms with E-state index in [4.69, 9.17) is 23.9 Å². The predicted molar refractivity (Wildman–Crippen MR) is 236 cm³/mol. The van der Waals surface area contributed by atoms with Crippen LogP contribution in [0.5, 0.6) is 17.2 Å². The highest BCUT2D eigenvalue weighted by atomic mass is 32.2. The molecule has 338 valence electrons. The van der Waals surface area contributed by atoms with E-state index in [2.05, 4.69) is 21.9 Å². The number of cyclic esters (lactones) is 1. The average Bonchev–Trinajstić information content (AvgIpc) is 4.21. The van der Waals surface area contributed by atoms with Gasteiger partial charge in [0.25, 0.3) is 5.91 Å². The molecular formula is C47H59N5O10S. The van der Waals surface area contributed by atoms with E-state index < -0.39 is 74.1 Å². The number of aryl methyl sites for hydroxylation is 1. The van der Waals surface area contributed by atoms with E-state index >= 15 is 4.79 Å². The van der Waals surface area contributed by atoms with E-state index in [9.17, 15) is 22.8 Å². The summed E-state index contributed by atoms with van der Waals surface area (Å²) < 4.78 is 52.4. The fraction of sp³-hybridized carbons (Fsp3) is 0.553. The van der Waals surface area contributed by atoms with Crippen molar-refractivity contribution in [2.24, 2.45) is 17.3 Å². The van der Waals surface area contributed by atoms with E-state index in [-0.39, 0.29) is 31.9 Å². The van der Waals surface area contributed by atoms with Gasteiger partial charge in [-0.1, -0.05) is 51.3 Å². The first-order valence-electron chi connectivity index (χ1n) is 22.2. The highest BCUT2D eigenvalue weighted by Gasteiger charge is 2.62. The van der Waals surface area contributed by atoms with Crippen LogP contribution in [0.4, 0.5) is 4.79 Å². The Morgan fingerprint density at radius 1 is 1.00 bits per heavy atom. The molecule has 8 rings (SSSR count). The van der Waals surface area contributed by atoms with E-state index in [1.165, 1.54) is 11.0 Å². The van der Waals surface area contributed by atoms with Crippen LogP contribution in [0.1, 0.15) is 90.0 Å². The van der Waals surface area contributed by atoms with Crippen molar-refractivity contribution in [2.75, 3.05) is 27.4 Å². The van der Waals surface area contributed by atoms with Crippen LogP contribution in [0.25, 0.3) is 22.2 Å². The maximum atomic E-state index is 15.1. The lowest BCUT2D eigenvalue weighted by molar-refractivity contribution is -0.142. The molecule has 0 radical (unpaired) electrons. The van der Waals surface area contributed by atoms with Gasteiger partial charge in [-0.25, -0.2) is 18.2 Å². The van der Waals surface area contributed by atoms with Gasteiger partial charge in [-0.2, -0.15) is 0 Å². The quantitative estimate of drug-likeness (QED) is 0.203. The van der Waals surface area contributed by atoms with Gasteiger partial charge in [0.05, 0.1) is 43.8 Å². The first-order chi connectivity index (χ1) is 30.1. The van der Waals surface area contributed by atoms with Gasteiger partial charge in [0.2, 0.25) is 21.8 Å². The number of aromatic nitrogens is 1. The first-order valence-corrected chi connectivity index (χ1v) is 23.8. The van der Waals surface area contributed by atoms with Crippen molar-refractivity contribution < 1.29 is 46.5 Å². The van der Waals surface area contributed by atoms with E-state index in [1.54, 1.807) is 14.2 Å². The smallest absolute Gasteiger partial charge is 0.407 e. The Morgan fingerprint density at radius 2 is 1.75 bits per heavy atom. The highest BCUT2D eigenvalue weighted by Crippen LogP contribution is 2.46. The maximum absolute atomic E-state index is 15.1. The fourth-order valence-electron chi connectivity index (χ4n) is 9.60. The molecule has 16 heteroatoms.